The van der Waals surface area contributed by atoms with Crippen molar-refractivity contribution >= 4 is 0 Å². The molecule has 2 heterocycles. The first-order chi connectivity index (χ1) is 13.7. The van der Waals surface area contributed by atoms with E-state index in [1.54, 1.807) is 22.0 Å². The Morgan fingerprint density at radius 2 is 1.36 bits per heavy atom. The maximum atomic E-state index is 11.1. The second-order valence-corrected chi connectivity index (χ2v) is 6.59. The lowest BCUT2D eigenvalue weighted by molar-refractivity contribution is -0.0379. The van der Waals surface area contributed by atoms with Crippen LogP contribution in [-0.4, -0.2) is 46.8 Å². The van der Waals surface area contributed by atoms with Gasteiger partial charge in [-0.05, 0) is 23.3 Å². The topological polar surface area (TPSA) is 90.9 Å². The Morgan fingerprint density at radius 3 is 1.89 bits per heavy atom. The number of rotatable bonds is 8. The van der Waals surface area contributed by atoms with E-state index in [0.717, 1.165) is 11.1 Å². The molecule has 0 saturated carbocycles. The van der Waals surface area contributed by atoms with Crippen molar-refractivity contribution in [3.8, 4) is 16.9 Å². The van der Waals surface area contributed by atoms with Gasteiger partial charge in [0.15, 0.2) is 0 Å². The molecule has 0 atom stereocenters. The van der Waals surface area contributed by atoms with Crippen molar-refractivity contribution in [3.63, 3.8) is 0 Å². The third-order valence-corrected chi connectivity index (χ3v) is 4.31. The van der Waals surface area contributed by atoms with Gasteiger partial charge in [-0.3, -0.25) is 0 Å². The molecule has 0 fully saturated rings. The zero-order valence-electron chi connectivity index (χ0n) is 15.2. The van der Waals surface area contributed by atoms with Gasteiger partial charge < -0.3 is 9.84 Å². The minimum absolute atomic E-state index is 0.0669. The molecule has 0 unspecified atom stereocenters. The highest BCUT2D eigenvalue weighted by Gasteiger charge is 2.30. The van der Waals surface area contributed by atoms with Crippen molar-refractivity contribution in [2.75, 3.05) is 6.61 Å². The zero-order chi connectivity index (χ0) is 19.2. The zero-order valence-corrected chi connectivity index (χ0v) is 15.2. The largest absolute Gasteiger partial charge is 0.490 e. The standard InChI is InChI=1S/C20H20N6O2/c27-20(10-25-15-21-13-23-25,11-26-16-22-14-24-26)12-28-19-8-6-18(7-9-19)17-4-2-1-3-5-17/h1-9,13-16,27H,10-12H2. The number of ether oxygens (including phenoxy) is 1. The van der Waals surface area contributed by atoms with Crippen molar-refractivity contribution in [1.82, 2.24) is 29.5 Å². The molecule has 2 aromatic heterocycles. The van der Waals surface area contributed by atoms with Gasteiger partial charge in [-0.2, -0.15) is 10.2 Å². The molecular weight excluding hydrogens is 356 g/mol. The maximum Gasteiger partial charge on any atom is 0.138 e. The van der Waals surface area contributed by atoms with E-state index in [2.05, 4.69) is 32.3 Å². The Morgan fingerprint density at radius 1 is 0.786 bits per heavy atom. The summed E-state index contributed by atoms with van der Waals surface area (Å²) >= 11 is 0. The van der Waals surface area contributed by atoms with Crippen molar-refractivity contribution in [2.45, 2.75) is 18.7 Å². The molecule has 8 heteroatoms. The molecule has 0 radical (unpaired) electrons. The predicted octanol–water partition coefficient (Wildman–Crippen LogP) is 2.05. The molecule has 0 spiro atoms. The lowest BCUT2D eigenvalue weighted by Crippen LogP contribution is -2.44. The molecule has 0 saturated heterocycles. The summed E-state index contributed by atoms with van der Waals surface area (Å²) in [6, 6.07) is 17.9. The minimum Gasteiger partial charge on any atom is -0.490 e. The number of aromatic nitrogens is 6. The van der Waals surface area contributed by atoms with Crippen LogP contribution in [0.5, 0.6) is 5.75 Å². The number of hydrogen-bond donors (Lipinski definition) is 1. The van der Waals surface area contributed by atoms with Gasteiger partial charge >= 0.3 is 0 Å². The first kappa shape index (κ1) is 17.9. The highest BCUT2D eigenvalue weighted by Crippen LogP contribution is 2.23. The van der Waals surface area contributed by atoms with Crippen LogP contribution in [0.25, 0.3) is 11.1 Å². The molecule has 0 aliphatic heterocycles. The fourth-order valence-electron chi connectivity index (χ4n) is 2.97. The van der Waals surface area contributed by atoms with Crippen LogP contribution in [0.15, 0.2) is 79.9 Å². The number of aliphatic hydroxyl groups is 1. The van der Waals surface area contributed by atoms with Crippen molar-refractivity contribution in [1.29, 1.82) is 0 Å². The summed E-state index contributed by atoms with van der Waals surface area (Å²) in [7, 11) is 0. The highest BCUT2D eigenvalue weighted by atomic mass is 16.5. The predicted molar refractivity (Wildman–Crippen MR) is 102 cm³/mol. The van der Waals surface area contributed by atoms with E-state index in [1.165, 1.54) is 12.7 Å². The summed E-state index contributed by atoms with van der Waals surface area (Å²) in [6.07, 6.45) is 5.97. The molecule has 0 aliphatic carbocycles. The average Bonchev–Trinajstić information content (AvgIpc) is 3.42. The van der Waals surface area contributed by atoms with Crippen LogP contribution in [0.4, 0.5) is 0 Å². The summed E-state index contributed by atoms with van der Waals surface area (Å²) in [5.74, 6) is 0.676. The fraction of sp³-hybridized carbons (Fsp3) is 0.200. The number of nitrogens with zero attached hydrogens (tertiary/aromatic N) is 6. The molecule has 2 aromatic carbocycles. The van der Waals surface area contributed by atoms with Crippen LogP contribution in [0, 0.1) is 0 Å². The Labute approximate surface area is 162 Å². The van der Waals surface area contributed by atoms with E-state index in [-0.39, 0.29) is 19.7 Å². The van der Waals surface area contributed by atoms with Crippen molar-refractivity contribution in [3.05, 3.63) is 79.9 Å². The Bertz CT molecular complexity index is 933. The van der Waals surface area contributed by atoms with Crippen LogP contribution in [0.3, 0.4) is 0 Å². The van der Waals surface area contributed by atoms with Crippen LogP contribution in [-0.2, 0) is 13.1 Å². The first-order valence-corrected chi connectivity index (χ1v) is 8.86. The number of benzene rings is 2. The normalized spacial score (nSPS) is 11.5. The van der Waals surface area contributed by atoms with Crippen molar-refractivity contribution in [2.24, 2.45) is 0 Å². The first-order valence-electron chi connectivity index (χ1n) is 8.86. The van der Waals surface area contributed by atoms with E-state index in [1.807, 2.05) is 42.5 Å². The number of hydrogen-bond acceptors (Lipinski definition) is 6. The summed E-state index contributed by atoms with van der Waals surface area (Å²) in [5.41, 5.74) is 1.01. The van der Waals surface area contributed by atoms with E-state index >= 15 is 0 Å². The third kappa shape index (κ3) is 4.41. The molecule has 0 amide bonds. The highest BCUT2D eigenvalue weighted by molar-refractivity contribution is 5.63. The Hall–Kier alpha value is -3.52. The van der Waals surface area contributed by atoms with Crippen LogP contribution in [0.1, 0.15) is 0 Å². The van der Waals surface area contributed by atoms with Crippen molar-refractivity contribution < 1.29 is 9.84 Å². The van der Waals surface area contributed by atoms with Gasteiger partial charge in [0.25, 0.3) is 0 Å². The summed E-state index contributed by atoms with van der Waals surface area (Å²) in [4.78, 5) is 7.85. The van der Waals surface area contributed by atoms with Gasteiger partial charge in [-0.15, -0.1) is 0 Å². The molecular formula is C20H20N6O2. The van der Waals surface area contributed by atoms with Gasteiger partial charge in [0.05, 0.1) is 13.1 Å². The van der Waals surface area contributed by atoms with Gasteiger partial charge in [0.1, 0.15) is 43.3 Å². The molecule has 4 aromatic rings. The van der Waals surface area contributed by atoms with E-state index in [9.17, 15) is 5.11 Å². The lowest BCUT2D eigenvalue weighted by atomic mass is 10.1. The minimum atomic E-state index is -1.24. The molecule has 28 heavy (non-hydrogen) atoms. The molecule has 0 bridgehead atoms. The van der Waals surface area contributed by atoms with E-state index in [0.29, 0.717) is 5.75 Å². The molecule has 142 valence electrons. The maximum absolute atomic E-state index is 11.1. The van der Waals surface area contributed by atoms with Gasteiger partial charge in [0, 0.05) is 0 Å². The fourth-order valence-corrected chi connectivity index (χ4v) is 2.97. The third-order valence-electron chi connectivity index (χ3n) is 4.31. The SMILES string of the molecule is OC(COc1ccc(-c2ccccc2)cc1)(Cn1cncn1)Cn1cncn1. The molecule has 0 aliphatic rings. The monoisotopic (exact) mass is 376 g/mol. The van der Waals surface area contributed by atoms with Crippen LogP contribution < -0.4 is 4.74 Å². The lowest BCUT2D eigenvalue weighted by Gasteiger charge is -2.27. The Balaban J connectivity index is 1.46. The summed E-state index contributed by atoms with van der Waals surface area (Å²) < 4.78 is 9.02. The van der Waals surface area contributed by atoms with Crippen LogP contribution in [0.2, 0.25) is 0 Å². The molecule has 1 N–H and O–H groups in total. The molecule has 8 nitrogen and oxygen atoms in total. The van der Waals surface area contributed by atoms with Crippen LogP contribution >= 0.6 is 0 Å². The van der Waals surface area contributed by atoms with E-state index < -0.39 is 5.60 Å². The second kappa shape index (κ2) is 8.01. The second-order valence-electron chi connectivity index (χ2n) is 6.59. The van der Waals surface area contributed by atoms with Gasteiger partial charge in [0.2, 0.25) is 0 Å². The van der Waals surface area contributed by atoms with Gasteiger partial charge in [-0.25, -0.2) is 19.3 Å². The average molecular weight is 376 g/mol. The Kier molecular flexibility index (Phi) is 5.11. The van der Waals surface area contributed by atoms with Gasteiger partial charge in [-0.1, -0.05) is 42.5 Å². The quantitative estimate of drug-likeness (QED) is 0.506. The van der Waals surface area contributed by atoms with E-state index in [4.69, 9.17) is 4.74 Å². The smallest absolute Gasteiger partial charge is 0.138 e. The molecule has 4 rings (SSSR count). The summed E-state index contributed by atoms with van der Waals surface area (Å²) in [5, 5.41) is 19.3. The summed E-state index contributed by atoms with van der Waals surface area (Å²) in [6.45, 7) is 0.501.